The molecule has 0 saturated heterocycles. The first-order chi connectivity index (χ1) is 11.2. The molecule has 0 aliphatic heterocycles. The summed E-state index contributed by atoms with van der Waals surface area (Å²) in [5.74, 6) is 0.682. The van der Waals surface area contributed by atoms with Crippen LogP contribution in [0.25, 0.3) is 0 Å². The minimum atomic E-state index is -0.144. The van der Waals surface area contributed by atoms with Gasteiger partial charge in [0, 0.05) is 11.7 Å². The number of hydrogen-bond acceptors (Lipinski definition) is 3. The van der Waals surface area contributed by atoms with Crippen LogP contribution in [0.5, 0.6) is 5.75 Å². The summed E-state index contributed by atoms with van der Waals surface area (Å²) in [4.78, 5) is 12.4. The normalized spacial score (nSPS) is 12.8. The molecule has 1 N–H and O–H groups in total. The number of aromatic nitrogens is 2. The lowest BCUT2D eigenvalue weighted by molar-refractivity contribution is 0.0933. The van der Waals surface area contributed by atoms with Gasteiger partial charge in [0.05, 0.1) is 12.6 Å². The third kappa shape index (κ3) is 4.37. The van der Waals surface area contributed by atoms with Gasteiger partial charge in [-0.3, -0.25) is 9.48 Å². The van der Waals surface area contributed by atoms with E-state index in [0.29, 0.717) is 5.69 Å². The van der Waals surface area contributed by atoms with Crippen LogP contribution in [0.3, 0.4) is 0 Å². The zero-order valence-electron chi connectivity index (χ0n) is 15.4. The first-order valence-electron chi connectivity index (χ1n) is 8.21. The van der Waals surface area contributed by atoms with Crippen molar-refractivity contribution in [3.8, 4) is 5.75 Å². The van der Waals surface area contributed by atoms with Crippen molar-refractivity contribution in [2.24, 2.45) is 0 Å². The Morgan fingerprint density at radius 2 is 2.04 bits per heavy atom. The van der Waals surface area contributed by atoms with Crippen LogP contribution < -0.4 is 10.1 Å². The van der Waals surface area contributed by atoms with Gasteiger partial charge in [-0.2, -0.15) is 5.10 Å². The molecule has 5 nitrogen and oxygen atoms in total. The van der Waals surface area contributed by atoms with Crippen LogP contribution in [0.15, 0.2) is 30.3 Å². The molecular weight excluding hydrogens is 302 g/mol. The number of benzene rings is 1. The molecule has 24 heavy (non-hydrogen) atoms. The lowest BCUT2D eigenvalue weighted by Crippen LogP contribution is -2.34. The van der Waals surface area contributed by atoms with Gasteiger partial charge < -0.3 is 10.1 Å². The topological polar surface area (TPSA) is 56.1 Å². The molecule has 1 amide bonds. The standard InChI is InChI=1S/C19H27N3O2/c1-13(10-15-8-7-9-16(12-15)24-6)20-18(23)17-11-14(2)22(21-17)19(3,4)5/h7-9,11-13H,10H2,1-6H3,(H,20,23). The van der Waals surface area contributed by atoms with E-state index in [9.17, 15) is 4.79 Å². The number of carbonyl (C=O) groups excluding carboxylic acids is 1. The van der Waals surface area contributed by atoms with E-state index in [1.165, 1.54) is 0 Å². The Labute approximate surface area is 144 Å². The molecular formula is C19H27N3O2. The maximum Gasteiger partial charge on any atom is 0.272 e. The second-order valence-corrected chi connectivity index (χ2v) is 7.18. The van der Waals surface area contributed by atoms with E-state index >= 15 is 0 Å². The number of methoxy groups -OCH3 is 1. The largest absolute Gasteiger partial charge is 0.497 e. The maximum atomic E-state index is 12.4. The van der Waals surface area contributed by atoms with Gasteiger partial charge in [0.15, 0.2) is 0 Å². The average Bonchev–Trinajstić information content (AvgIpc) is 2.89. The van der Waals surface area contributed by atoms with Gasteiger partial charge in [0.2, 0.25) is 0 Å². The van der Waals surface area contributed by atoms with Crippen LogP contribution in [0.2, 0.25) is 0 Å². The maximum absolute atomic E-state index is 12.4. The summed E-state index contributed by atoms with van der Waals surface area (Å²) in [6.45, 7) is 10.2. The Morgan fingerprint density at radius 3 is 2.62 bits per heavy atom. The van der Waals surface area contributed by atoms with Crippen molar-refractivity contribution in [3.05, 3.63) is 47.3 Å². The van der Waals surface area contributed by atoms with E-state index in [1.54, 1.807) is 7.11 Å². The molecule has 2 aromatic rings. The summed E-state index contributed by atoms with van der Waals surface area (Å²) in [6, 6.07) is 9.72. The Bertz CT molecular complexity index is 714. The number of hydrogen-bond donors (Lipinski definition) is 1. The van der Waals surface area contributed by atoms with Crippen molar-refractivity contribution < 1.29 is 9.53 Å². The van der Waals surface area contributed by atoms with Crippen molar-refractivity contribution in [1.29, 1.82) is 0 Å². The van der Waals surface area contributed by atoms with Gasteiger partial charge in [-0.15, -0.1) is 0 Å². The minimum Gasteiger partial charge on any atom is -0.497 e. The van der Waals surface area contributed by atoms with Crippen molar-refractivity contribution >= 4 is 5.91 Å². The quantitative estimate of drug-likeness (QED) is 0.915. The molecule has 0 radical (unpaired) electrons. The third-order valence-electron chi connectivity index (χ3n) is 3.81. The average molecular weight is 329 g/mol. The summed E-state index contributed by atoms with van der Waals surface area (Å²) in [7, 11) is 1.65. The molecule has 0 spiro atoms. The van der Waals surface area contributed by atoms with Gasteiger partial charge in [-0.05, 0) is 64.8 Å². The molecule has 0 saturated carbocycles. The predicted molar refractivity (Wildman–Crippen MR) is 95.6 cm³/mol. The number of carbonyl (C=O) groups is 1. The van der Waals surface area contributed by atoms with Crippen molar-refractivity contribution in [2.75, 3.05) is 7.11 Å². The highest BCUT2D eigenvalue weighted by Gasteiger charge is 2.21. The number of amides is 1. The molecule has 1 aromatic heterocycles. The van der Waals surface area contributed by atoms with Crippen molar-refractivity contribution in [2.45, 2.75) is 52.6 Å². The van der Waals surface area contributed by atoms with Gasteiger partial charge in [0.1, 0.15) is 11.4 Å². The van der Waals surface area contributed by atoms with Crippen LogP contribution >= 0.6 is 0 Å². The Kier molecular flexibility index (Phi) is 5.32. The Morgan fingerprint density at radius 1 is 1.33 bits per heavy atom. The zero-order valence-corrected chi connectivity index (χ0v) is 15.4. The van der Waals surface area contributed by atoms with E-state index in [2.05, 4.69) is 31.2 Å². The summed E-state index contributed by atoms with van der Waals surface area (Å²) >= 11 is 0. The number of aryl methyl sites for hydroxylation is 1. The highest BCUT2D eigenvalue weighted by Crippen LogP contribution is 2.17. The van der Waals surface area contributed by atoms with Crippen LogP contribution in [0.4, 0.5) is 0 Å². The lowest BCUT2D eigenvalue weighted by atomic mass is 10.1. The first-order valence-corrected chi connectivity index (χ1v) is 8.21. The predicted octanol–water partition coefficient (Wildman–Crippen LogP) is 3.32. The number of nitrogens with one attached hydrogen (secondary N) is 1. The third-order valence-corrected chi connectivity index (χ3v) is 3.81. The summed E-state index contributed by atoms with van der Waals surface area (Å²) < 4.78 is 7.12. The molecule has 0 fully saturated rings. The Hall–Kier alpha value is -2.30. The smallest absolute Gasteiger partial charge is 0.272 e. The van der Waals surface area contributed by atoms with Crippen molar-refractivity contribution in [1.82, 2.24) is 15.1 Å². The fraction of sp³-hybridized carbons (Fsp3) is 0.474. The molecule has 1 aromatic carbocycles. The minimum absolute atomic E-state index is 0.00435. The van der Waals surface area contributed by atoms with Gasteiger partial charge in [-0.1, -0.05) is 12.1 Å². The molecule has 5 heteroatoms. The van der Waals surface area contributed by atoms with E-state index in [4.69, 9.17) is 4.74 Å². The number of ether oxygens (including phenoxy) is 1. The van der Waals surface area contributed by atoms with E-state index < -0.39 is 0 Å². The second-order valence-electron chi connectivity index (χ2n) is 7.18. The molecule has 1 unspecified atom stereocenters. The number of rotatable bonds is 5. The molecule has 0 bridgehead atoms. The first kappa shape index (κ1) is 18.0. The molecule has 1 heterocycles. The zero-order chi connectivity index (χ0) is 17.9. The fourth-order valence-electron chi connectivity index (χ4n) is 2.77. The van der Waals surface area contributed by atoms with Crippen LogP contribution in [-0.2, 0) is 12.0 Å². The van der Waals surface area contributed by atoms with Gasteiger partial charge >= 0.3 is 0 Å². The van der Waals surface area contributed by atoms with Crippen LogP contribution in [0, 0.1) is 6.92 Å². The summed E-state index contributed by atoms with van der Waals surface area (Å²) in [6.07, 6.45) is 0.738. The molecule has 1 atom stereocenters. The monoisotopic (exact) mass is 329 g/mol. The molecule has 130 valence electrons. The van der Waals surface area contributed by atoms with Crippen LogP contribution in [0.1, 0.15) is 49.4 Å². The Balaban J connectivity index is 2.03. The van der Waals surface area contributed by atoms with Gasteiger partial charge in [-0.25, -0.2) is 0 Å². The molecule has 2 rings (SSSR count). The highest BCUT2D eigenvalue weighted by atomic mass is 16.5. The number of nitrogens with zero attached hydrogens (tertiary/aromatic N) is 2. The SMILES string of the molecule is COc1cccc(CC(C)NC(=O)c2cc(C)n(C(C)(C)C)n2)c1. The molecule has 0 aliphatic carbocycles. The highest BCUT2D eigenvalue weighted by molar-refractivity contribution is 5.92. The van der Waals surface area contributed by atoms with Crippen LogP contribution in [-0.4, -0.2) is 28.8 Å². The van der Waals surface area contributed by atoms with E-state index in [0.717, 1.165) is 23.4 Å². The van der Waals surface area contributed by atoms with Crippen molar-refractivity contribution in [3.63, 3.8) is 0 Å². The second kappa shape index (κ2) is 7.07. The van der Waals surface area contributed by atoms with E-state index in [-0.39, 0.29) is 17.5 Å². The lowest BCUT2D eigenvalue weighted by Gasteiger charge is -2.21. The fourth-order valence-corrected chi connectivity index (χ4v) is 2.77. The summed E-state index contributed by atoms with van der Waals surface area (Å²) in [5, 5.41) is 7.47. The van der Waals surface area contributed by atoms with Gasteiger partial charge in [0.25, 0.3) is 5.91 Å². The summed E-state index contributed by atoms with van der Waals surface area (Å²) in [5.41, 5.74) is 2.42. The molecule has 0 aliphatic rings. The van der Waals surface area contributed by atoms with E-state index in [1.807, 2.05) is 48.9 Å².